The van der Waals surface area contributed by atoms with Crippen LogP contribution in [-0.4, -0.2) is 27.1 Å². The zero-order valence-corrected chi connectivity index (χ0v) is 19.5. The summed E-state index contributed by atoms with van der Waals surface area (Å²) in [4.78, 5) is 30.7. The highest BCUT2D eigenvalue weighted by Crippen LogP contribution is 2.30. The van der Waals surface area contributed by atoms with Crippen LogP contribution in [0.4, 0.5) is 5.69 Å². The lowest BCUT2D eigenvalue weighted by molar-refractivity contribution is -0.118. The van der Waals surface area contributed by atoms with Crippen molar-refractivity contribution in [3.63, 3.8) is 0 Å². The van der Waals surface area contributed by atoms with Gasteiger partial charge >= 0.3 is 0 Å². The van der Waals surface area contributed by atoms with Crippen LogP contribution in [0.25, 0.3) is 4.96 Å². The van der Waals surface area contributed by atoms with E-state index in [4.69, 9.17) is 16.3 Å². The molecule has 0 aliphatic carbocycles. The predicted octanol–water partition coefficient (Wildman–Crippen LogP) is 4.68. The number of aryl methyl sites for hydroxylation is 1. The maximum absolute atomic E-state index is 12.4. The Hall–Kier alpha value is -2.88. The Bertz CT molecular complexity index is 1320. The van der Waals surface area contributed by atoms with Gasteiger partial charge in [0.05, 0.1) is 16.4 Å². The molecule has 1 N–H and O–H groups in total. The number of halogens is 1. The first-order valence-corrected chi connectivity index (χ1v) is 12.0. The summed E-state index contributed by atoms with van der Waals surface area (Å²) in [7, 11) is 0. The van der Waals surface area contributed by atoms with Crippen molar-refractivity contribution in [2.75, 3.05) is 11.9 Å². The van der Waals surface area contributed by atoms with Gasteiger partial charge in [-0.05, 0) is 30.7 Å². The van der Waals surface area contributed by atoms with Crippen LogP contribution >= 0.6 is 34.7 Å². The number of nitrogens with one attached hydrogen (secondary N) is 1. The van der Waals surface area contributed by atoms with Crippen molar-refractivity contribution in [2.24, 2.45) is 0 Å². The number of ether oxygens (including phenoxy) is 1. The highest BCUT2D eigenvalue weighted by atomic mass is 35.5. The standard InChI is InChI=1S/C22H19ClN4O3S2/c1-2-20-26-27-21(29)11-14(24-22(27)32-20)13-31-18-10-6-4-8-16(18)25-19(28)12-30-17-9-5-3-7-15(17)23/h3-11H,2,12-13H2,1H3,(H,25,28). The summed E-state index contributed by atoms with van der Waals surface area (Å²) < 4.78 is 6.84. The Kier molecular flexibility index (Phi) is 7.09. The van der Waals surface area contributed by atoms with Gasteiger partial charge in [-0.25, -0.2) is 4.98 Å². The molecule has 0 fully saturated rings. The van der Waals surface area contributed by atoms with Crippen LogP contribution in [0.1, 0.15) is 17.6 Å². The van der Waals surface area contributed by atoms with E-state index < -0.39 is 0 Å². The number of para-hydroxylation sites is 2. The molecule has 10 heteroatoms. The number of benzene rings is 2. The second-order valence-corrected chi connectivity index (χ2v) is 9.15. The van der Waals surface area contributed by atoms with Gasteiger partial charge in [-0.2, -0.15) is 9.61 Å². The number of nitrogens with zero attached hydrogens (tertiary/aromatic N) is 3. The Morgan fingerprint density at radius 3 is 2.81 bits per heavy atom. The van der Waals surface area contributed by atoms with E-state index in [-0.39, 0.29) is 18.1 Å². The van der Waals surface area contributed by atoms with Crippen LogP contribution in [0.3, 0.4) is 0 Å². The van der Waals surface area contributed by atoms with Crippen molar-refractivity contribution in [1.82, 2.24) is 14.6 Å². The summed E-state index contributed by atoms with van der Waals surface area (Å²) in [5.74, 6) is 0.634. The number of anilines is 1. The third-order valence-electron chi connectivity index (χ3n) is 4.37. The van der Waals surface area contributed by atoms with Gasteiger partial charge in [0.1, 0.15) is 10.8 Å². The van der Waals surface area contributed by atoms with Gasteiger partial charge in [0.15, 0.2) is 6.61 Å². The van der Waals surface area contributed by atoms with Crippen molar-refractivity contribution in [1.29, 1.82) is 0 Å². The van der Waals surface area contributed by atoms with Gasteiger partial charge in [-0.1, -0.05) is 54.1 Å². The van der Waals surface area contributed by atoms with Gasteiger partial charge in [0.25, 0.3) is 11.5 Å². The molecule has 0 aliphatic heterocycles. The molecule has 2 aromatic carbocycles. The molecule has 0 aliphatic rings. The molecular weight excluding hydrogens is 468 g/mol. The summed E-state index contributed by atoms with van der Waals surface area (Å²) in [5.41, 5.74) is 1.13. The number of aromatic nitrogens is 3. The fourth-order valence-corrected chi connectivity index (χ4v) is 4.80. The highest BCUT2D eigenvalue weighted by Gasteiger charge is 2.12. The number of thioether (sulfide) groups is 1. The Morgan fingerprint density at radius 1 is 1.22 bits per heavy atom. The normalized spacial score (nSPS) is 10.9. The van der Waals surface area contributed by atoms with Crippen molar-refractivity contribution in [2.45, 2.75) is 24.0 Å². The first-order chi connectivity index (χ1) is 15.5. The molecule has 0 bridgehead atoms. The van der Waals surface area contributed by atoms with Gasteiger partial charge in [-0.3, -0.25) is 9.59 Å². The van der Waals surface area contributed by atoms with E-state index in [1.807, 2.05) is 31.2 Å². The molecule has 2 heterocycles. The van der Waals surface area contributed by atoms with Crippen LogP contribution < -0.4 is 15.6 Å². The largest absolute Gasteiger partial charge is 0.482 e. The molecule has 0 unspecified atom stereocenters. The first-order valence-electron chi connectivity index (χ1n) is 9.81. The molecule has 0 saturated heterocycles. The smallest absolute Gasteiger partial charge is 0.275 e. The molecule has 4 rings (SSSR count). The second kappa shape index (κ2) is 10.2. The van der Waals surface area contributed by atoms with Gasteiger partial charge in [-0.15, -0.1) is 11.8 Å². The average molecular weight is 487 g/mol. The van der Waals surface area contributed by atoms with Crippen LogP contribution in [-0.2, 0) is 17.0 Å². The fourth-order valence-electron chi connectivity index (χ4n) is 2.85. The minimum atomic E-state index is -0.299. The molecular formula is C22H19ClN4O3S2. The first kappa shape index (κ1) is 22.3. The topological polar surface area (TPSA) is 85.6 Å². The van der Waals surface area contributed by atoms with Gasteiger partial charge in [0, 0.05) is 16.7 Å². The van der Waals surface area contributed by atoms with E-state index in [1.54, 1.807) is 24.3 Å². The lowest BCUT2D eigenvalue weighted by atomic mass is 10.3. The Labute approximate surface area is 197 Å². The van der Waals surface area contributed by atoms with E-state index in [0.29, 0.717) is 32.9 Å². The second-order valence-electron chi connectivity index (χ2n) is 6.68. The SMILES string of the molecule is CCc1nn2c(=O)cc(CSc3ccccc3NC(=O)COc3ccccc3Cl)nc2s1. The summed E-state index contributed by atoms with van der Waals surface area (Å²) in [6.45, 7) is 1.83. The maximum Gasteiger partial charge on any atom is 0.275 e. The van der Waals surface area contributed by atoms with Crippen molar-refractivity contribution < 1.29 is 9.53 Å². The van der Waals surface area contributed by atoms with Crippen LogP contribution in [0.2, 0.25) is 5.02 Å². The van der Waals surface area contributed by atoms with E-state index in [1.165, 1.54) is 33.7 Å². The third-order valence-corrected chi connectivity index (χ3v) is 6.85. The van der Waals surface area contributed by atoms with Crippen LogP contribution in [0.5, 0.6) is 5.75 Å². The molecule has 0 atom stereocenters. The zero-order valence-electron chi connectivity index (χ0n) is 17.1. The molecule has 1 amide bonds. The number of carbonyl (C=O) groups excluding carboxylic acids is 1. The van der Waals surface area contributed by atoms with E-state index >= 15 is 0 Å². The quantitative estimate of drug-likeness (QED) is 0.364. The van der Waals surface area contributed by atoms with Gasteiger partial charge in [0.2, 0.25) is 4.96 Å². The fraction of sp³-hybridized carbons (Fsp3) is 0.182. The Balaban J connectivity index is 1.42. The molecule has 0 saturated carbocycles. The zero-order chi connectivity index (χ0) is 22.5. The molecule has 7 nitrogen and oxygen atoms in total. The van der Waals surface area contributed by atoms with Crippen molar-refractivity contribution in [3.8, 4) is 5.75 Å². The number of hydrogen-bond acceptors (Lipinski definition) is 7. The molecule has 2 aromatic heterocycles. The molecule has 0 spiro atoms. The number of hydrogen-bond donors (Lipinski definition) is 1. The van der Waals surface area contributed by atoms with Crippen LogP contribution in [0.15, 0.2) is 64.3 Å². The highest BCUT2D eigenvalue weighted by molar-refractivity contribution is 7.98. The van der Waals surface area contributed by atoms with Crippen LogP contribution in [0, 0.1) is 0 Å². The number of amides is 1. The lowest BCUT2D eigenvalue weighted by Crippen LogP contribution is -2.20. The predicted molar refractivity (Wildman–Crippen MR) is 128 cm³/mol. The van der Waals surface area contributed by atoms with E-state index in [2.05, 4.69) is 15.4 Å². The van der Waals surface area contributed by atoms with E-state index in [9.17, 15) is 9.59 Å². The monoisotopic (exact) mass is 486 g/mol. The molecule has 4 aromatic rings. The van der Waals surface area contributed by atoms with Crippen molar-refractivity contribution >= 4 is 51.3 Å². The Morgan fingerprint density at radius 2 is 2.00 bits per heavy atom. The van der Waals surface area contributed by atoms with E-state index in [0.717, 1.165) is 16.3 Å². The molecule has 164 valence electrons. The summed E-state index contributed by atoms with van der Waals surface area (Å²) in [6.07, 6.45) is 0.755. The lowest BCUT2D eigenvalue weighted by Gasteiger charge is -2.12. The third kappa shape index (κ3) is 5.29. The molecule has 0 radical (unpaired) electrons. The number of carbonyl (C=O) groups is 1. The summed E-state index contributed by atoms with van der Waals surface area (Å²) in [5, 5.41) is 8.45. The molecule has 32 heavy (non-hydrogen) atoms. The number of fused-ring (bicyclic) bond motifs is 1. The summed E-state index contributed by atoms with van der Waals surface area (Å²) >= 11 is 8.96. The van der Waals surface area contributed by atoms with Gasteiger partial charge < -0.3 is 10.1 Å². The summed E-state index contributed by atoms with van der Waals surface area (Å²) in [6, 6.07) is 15.9. The minimum absolute atomic E-state index is 0.164. The average Bonchev–Trinajstić information content (AvgIpc) is 3.22. The maximum atomic E-state index is 12.4. The minimum Gasteiger partial charge on any atom is -0.482 e. The van der Waals surface area contributed by atoms with Crippen molar-refractivity contribution in [3.05, 3.63) is 80.7 Å². The number of rotatable bonds is 8.